The minimum atomic E-state index is -1.11. The fraction of sp³-hybridized carbons (Fsp3) is 0.333. The average molecular weight is 355 g/mol. The maximum Gasteiger partial charge on any atom is 0.344 e. The Morgan fingerprint density at radius 3 is 2.72 bits per heavy atom. The molecule has 0 aliphatic carbocycles. The summed E-state index contributed by atoms with van der Waals surface area (Å²) in [7, 11) is 1.47. The van der Waals surface area contributed by atoms with Crippen LogP contribution in [0.5, 0.6) is 6.01 Å². The van der Waals surface area contributed by atoms with Crippen molar-refractivity contribution in [2.45, 2.75) is 13.0 Å². The molecule has 2 rings (SSSR count). The van der Waals surface area contributed by atoms with Crippen molar-refractivity contribution in [2.24, 2.45) is 7.05 Å². The molecule has 0 bridgehead atoms. The number of ketones is 1. The Balaban J connectivity index is 2.03. The van der Waals surface area contributed by atoms with Gasteiger partial charge in [-0.15, -0.1) is 5.10 Å². The van der Waals surface area contributed by atoms with E-state index in [1.807, 2.05) is 0 Å². The highest BCUT2D eigenvalue weighted by Crippen LogP contribution is 2.23. The molecule has 0 aliphatic rings. The molecule has 0 saturated heterocycles. The first kappa shape index (κ1) is 18.5. The molecular weight excluding hydrogens is 340 g/mol. The van der Waals surface area contributed by atoms with Crippen LogP contribution in [0.1, 0.15) is 6.92 Å². The number of aromatic nitrogens is 3. The van der Waals surface area contributed by atoms with Crippen molar-refractivity contribution in [3.8, 4) is 17.4 Å². The SMILES string of the molecule is CC(OC(=O)COc1nc(-c2ccc(F)cc2F)n(C)n1)C(=O)CO. The smallest absolute Gasteiger partial charge is 0.344 e. The van der Waals surface area contributed by atoms with E-state index in [0.29, 0.717) is 6.07 Å². The molecule has 0 saturated carbocycles. The van der Waals surface area contributed by atoms with Gasteiger partial charge in [0.15, 0.2) is 24.3 Å². The molecule has 0 radical (unpaired) electrons. The Kier molecular flexibility index (Phi) is 5.75. The maximum absolute atomic E-state index is 13.8. The first-order chi connectivity index (χ1) is 11.8. The van der Waals surface area contributed by atoms with Gasteiger partial charge in [-0.1, -0.05) is 0 Å². The minimum absolute atomic E-state index is 0.0102. The number of hydrogen-bond acceptors (Lipinski definition) is 7. The minimum Gasteiger partial charge on any atom is -0.452 e. The van der Waals surface area contributed by atoms with Gasteiger partial charge in [-0.25, -0.2) is 18.3 Å². The molecule has 0 spiro atoms. The molecule has 1 aromatic carbocycles. The third-order valence-corrected chi connectivity index (χ3v) is 3.15. The molecule has 25 heavy (non-hydrogen) atoms. The zero-order valence-electron chi connectivity index (χ0n) is 13.4. The first-order valence-electron chi connectivity index (χ1n) is 7.14. The van der Waals surface area contributed by atoms with Gasteiger partial charge in [0.1, 0.15) is 18.2 Å². The van der Waals surface area contributed by atoms with Crippen LogP contribution >= 0.6 is 0 Å². The summed E-state index contributed by atoms with van der Waals surface area (Å²) in [5, 5.41) is 12.5. The number of aliphatic hydroxyl groups excluding tert-OH is 1. The van der Waals surface area contributed by atoms with Gasteiger partial charge in [0.25, 0.3) is 0 Å². The Labute approximate surface area is 141 Å². The molecular formula is C15H15F2N3O5. The monoisotopic (exact) mass is 355 g/mol. The van der Waals surface area contributed by atoms with E-state index < -0.39 is 42.7 Å². The van der Waals surface area contributed by atoms with Crippen molar-refractivity contribution in [2.75, 3.05) is 13.2 Å². The van der Waals surface area contributed by atoms with Crippen LogP contribution in [0.15, 0.2) is 18.2 Å². The normalized spacial score (nSPS) is 11.9. The number of carbonyl (C=O) groups is 2. The van der Waals surface area contributed by atoms with Crippen LogP contribution in [0, 0.1) is 11.6 Å². The van der Waals surface area contributed by atoms with E-state index >= 15 is 0 Å². The number of ether oxygens (including phenoxy) is 2. The summed E-state index contributed by atoms with van der Waals surface area (Å²) in [5.41, 5.74) is 0.0102. The lowest BCUT2D eigenvalue weighted by Gasteiger charge is -2.10. The first-order valence-corrected chi connectivity index (χ1v) is 7.14. The van der Waals surface area contributed by atoms with Gasteiger partial charge in [-0.2, -0.15) is 4.98 Å². The van der Waals surface area contributed by atoms with E-state index in [-0.39, 0.29) is 17.4 Å². The summed E-state index contributed by atoms with van der Waals surface area (Å²) in [6, 6.07) is 2.76. The number of carbonyl (C=O) groups excluding carboxylic acids is 2. The molecule has 1 N–H and O–H groups in total. The highest BCUT2D eigenvalue weighted by atomic mass is 19.1. The Morgan fingerprint density at radius 1 is 1.36 bits per heavy atom. The van der Waals surface area contributed by atoms with Crippen LogP contribution in [0.2, 0.25) is 0 Å². The van der Waals surface area contributed by atoms with Crippen molar-refractivity contribution in [3.05, 3.63) is 29.8 Å². The van der Waals surface area contributed by atoms with Crippen molar-refractivity contribution < 1.29 is 33.0 Å². The largest absolute Gasteiger partial charge is 0.452 e. The van der Waals surface area contributed by atoms with Crippen molar-refractivity contribution in [1.82, 2.24) is 14.8 Å². The lowest BCUT2D eigenvalue weighted by molar-refractivity contribution is -0.156. The lowest BCUT2D eigenvalue weighted by atomic mass is 10.2. The summed E-state index contributed by atoms with van der Waals surface area (Å²) in [4.78, 5) is 26.6. The summed E-state index contributed by atoms with van der Waals surface area (Å²) in [6.07, 6.45) is -1.11. The number of rotatable bonds is 7. The Bertz CT molecular complexity index is 793. The predicted octanol–water partition coefficient (Wildman–Crippen LogP) is 0.632. The maximum atomic E-state index is 13.8. The van der Waals surface area contributed by atoms with Gasteiger partial charge < -0.3 is 14.6 Å². The molecule has 2 aromatic rings. The number of halogens is 2. The number of nitrogens with zero attached hydrogens (tertiary/aromatic N) is 3. The second-order valence-corrected chi connectivity index (χ2v) is 5.01. The molecule has 1 heterocycles. The number of aryl methyl sites for hydroxylation is 1. The van der Waals surface area contributed by atoms with Crippen molar-refractivity contribution >= 4 is 11.8 Å². The number of benzene rings is 1. The third-order valence-electron chi connectivity index (χ3n) is 3.15. The fourth-order valence-corrected chi connectivity index (χ4v) is 1.88. The molecule has 134 valence electrons. The zero-order valence-corrected chi connectivity index (χ0v) is 13.4. The fourth-order valence-electron chi connectivity index (χ4n) is 1.88. The van der Waals surface area contributed by atoms with Gasteiger partial charge in [0, 0.05) is 13.1 Å². The van der Waals surface area contributed by atoms with Gasteiger partial charge >= 0.3 is 12.0 Å². The quantitative estimate of drug-likeness (QED) is 0.727. The second kappa shape index (κ2) is 7.79. The predicted molar refractivity (Wildman–Crippen MR) is 79.5 cm³/mol. The molecule has 10 heteroatoms. The van der Waals surface area contributed by atoms with Gasteiger partial charge in [-0.05, 0) is 19.1 Å². The van der Waals surface area contributed by atoms with E-state index in [1.54, 1.807) is 0 Å². The molecule has 1 unspecified atom stereocenters. The van der Waals surface area contributed by atoms with E-state index in [1.165, 1.54) is 24.7 Å². The van der Waals surface area contributed by atoms with Crippen LogP contribution in [0.4, 0.5) is 8.78 Å². The van der Waals surface area contributed by atoms with Gasteiger partial charge in [0.2, 0.25) is 0 Å². The molecule has 0 amide bonds. The van der Waals surface area contributed by atoms with Crippen LogP contribution in [-0.2, 0) is 21.4 Å². The zero-order chi connectivity index (χ0) is 18.6. The van der Waals surface area contributed by atoms with Crippen molar-refractivity contribution in [3.63, 3.8) is 0 Å². The average Bonchev–Trinajstić information content (AvgIpc) is 2.92. The lowest BCUT2D eigenvalue weighted by Crippen LogP contribution is -2.29. The summed E-state index contributed by atoms with van der Waals surface area (Å²) in [5.74, 6) is -2.99. The van der Waals surface area contributed by atoms with Crippen LogP contribution in [0.3, 0.4) is 0 Å². The third kappa shape index (κ3) is 4.57. The molecule has 1 atom stereocenters. The summed E-state index contributed by atoms with van der Waals surface area (Å²) < 4.78 is 37.8. The van der Waals surface area contributed by atoms with E-state index in [4.69, 9.17) is 14.6 Å². The van der Waals surface area contributed by atoms with Crippen molar-refractivity contribution in [1.29, 1.82) is 0 Å². The van der Waals surface area contributed by atoms with Gasteiger partial charge in [-0.3, -0.25) is 4.79 Å². The number of esters is 1. The Hall–Kier alpha value is -2.88. The van der Waals surface area contributed by atoms with E-state index in [2.05, 4.69) is 10.1 Å². The second-order valence-electron chi connectivity index (χ2n) is 5.01. The van der Waals surface area contributed by atoms with E-state index in [9.17, 15) is 18.4 Å². The topological polar surface area (TPSA) is 104 Å². The molecule has 0 aliphatic heterocycles. The number of hydrogen-bond donors (Lipinski definition) is 1. The van der Waals surface area contributed by atoms with E-state index in [0.717, 1.165) is 6.07 Å². The van der Waals surface area contributed by atoms with Crippen LogP contribution in [0.25, 0.3) is 11.4 Å². The van der Waals surface area contributed by atoms with Crippen LogP contribution < -0.4 is 4.74 Å². The standard InChI is InChI=1S/C15H15F2N3O5/c1-8(12(22)6-21)25-13(23)7-24-15-18-14(20(2)19-15)10-4-3-9(16)5-11(10)17/h3-5,8,21H,6-7H2,1-2H3. The van der Waals surface area contributed by atoms with Gasteiger partial charge in [0.05, 0.1) is 5.56 Å². The number of Topliss-reactive ketones (excluding diaryl/α,β-unsaturated/α-hetero) is 1. The molecule has 1 aromatic heterocycles. The summed E-state index contributed by atoms with van der Waals surface area (Å²) >= 11 is 0. The van der Waals surface area contributed by atoms with Crippen LogP contribution in [-0.4, -0.2) is 50.9 Å². The highest BCUT2D eigenvalue weighted by Gasteiger charge is 2.19. The summed E-state index contributed by atoms with van der Waals surface area (Å²) in [6.45, 7) is -0.0209. The Morgan fingerprint density at radius 2 is 2.08 bits per heavy atom. The number of aliphatic hydroxyl groups is 1. The highest BCUT2D eigenvalue weighted by molar-refractivity contribution is 5.86. The molecule has 0 fully saturated rings. The molecule has 8 nitrogen and oxygen atoms in total.